The maximum atomic E-state index is 11.7. The van der Waals surface area contributed by atoms with Crippen LogP contribution in [0.25, 0.3) is 0 Å². The van der Waals surface area contributed by atoms with Crippen LogP contribution in [0.15, 0.2) is 17.1 Å². The first-order valence-electron chi connectivity index (χ1n) is 5.23. The second-order valence-corrected chi connectivity index (χ2v) is 5.35. The first kappa shape index (κ1) is 12.6. The highest BCUT2D eigenvalue weighted by atomic mass is 32.2. The minimum absolute atomic E-state index is 0.243. The normalized spacial score (nSPS) is 32.9. The molecule has 0 amide bonds. The molecule has 1 aromatic rings. The highest BCUT2D eigenvalue weighted by Gasteiger charge is 2.43. The quantitative estimate of drug-likeness (QED) is 0.622. The van der Waals surface area contributed by atoms with Crippen LogP contribution in [0.3, 0.4) is 0 Å². The van der Waals surface area contributed by atoms with Gasteiger partial charge < -0.3 is 15.3 Å². The summed E-state index contributed by atoms with van der Waals surface area (Å²) in [5, 5.41) is 27.5. The molecule has 0 saturated carbocycles. The Kier molecular flexibility index (Phi) is 3.53. The van der Waals surface area contributed by atoms with E-state index in [4.69, 9.17) is 5.11 Å². The fraction of sp³-hybridized carbons (Fsp3) is 0.600. The molecule has 17 heavy (non-hydrogen) atoms. The maximum Gasteiger partial charge on any atom is 0.348 e. The van der Waals surface area contributed by atoms with Gasteiger partial charge in [-0.2, -0.15) is 4.98 Å². The highest BCUT2D eigenvalue weighted by Crippen LogP contribution is 2.40. The van der Waals surface area contributed by atoms with Crippen molar-refractivity contribution in [3.8, 4) is 0 Å². The molecule has 6 nitrogen and oxygen atoms in total. The number of nitrogens with zero attached hydrogens (tertiary/aromatic N) is 2. The molecule has 7 heteroatoms. The number of aryl methyl sites for hydroxylation is 1. The number of aliphatic hydroxyl groups is 3. The van der Waals surface area contributed by atoms with E-state index in [1.54, 1.807) is 13.0 Å². The molecule has 4 atom stereocenters. The van der Waals surface area contributed by atoms with Crippen LogP contribution in [-0.2, 0) is 0 Å². The second-order valence-electron chi connectivity index (χ2n) is 3.99. The van der Waals surface area contributed by atoms with E-state index in [0.717, 1.165) is 0 Å². The fourth-order valence-electron chi connectivity index (χ4n) is 1.80. The Morgan fingerprint density at radius 1 is 1.47 bits per heavy atom. The van der Waals surface area contributed by atoms with Gasteiger partial charge in [-0.1, -0.05) is 0 Å². The number of thioether (sulfide) groups is 1. The van der Waals surface area contributed by atoms with Gasteiger partial charge in [0.1, 0.15) is 11.5 Å². The molecule has 1 saturated heterocycles. The van der Waals surface area contributed by atoms with Gasteiger partial charge in [-0.05, 0) is 13.0 Å². The fourth-order valence-corrected chi connectivity index (χ4v) is 3.18. The van der Waals surface area contributed by atoms with Crippen LogP contribution in [0.5, 0.6) is 0 Å². The van der Waals surface area contributed by atoms with Gasteiger partial charge >= 0.3 is 5.69 Å². The summed E-state index contributed by atoms with van der Waals surface area (Å²) in [6.07, 6.45) is -0.583. The number of rotatable bonds is 2. The topological polar surface area (TPSA) is 95.6 Å². The largest absolute Gasteiger partial charge is 0.395 e. The van der Waals surface area contributed by atoms with Crippen molar-refractivity contribution in [2.75, 3.05) is 6.61 Å². The van der Waals surface area contributed by atoms with Crippen LogP contribution >= 0.6 is 11.8 Å². The van der Waals surface area contributed by atoms with Crippen molar-refractivity contribution < 1.29 is 15.3 Å². The summed E-state index contributed by atoms with van der Waals surface area (Å²) in [6, 6.07) is 1.66. The number of hydrogen-bond acceptors (Lipinski definition) is 6. The van der Waals surface area contributed by atoms with Gasteiger partial charge in [-0.15, -0.1) is 11.8 Å². The van der Waals surface area contributed by atoms with E-state index in [0.29, 0.717) is 5.69 Å². The lowest BCUT2D eigenvalue weighted by atomic mass is 10.1. The first-order valence-corrected chi connectivity index (χ1v) is 6.17. The third-order valence-electron chi connectivity index (χ3n) is 2.76. The lowest BCUT2D eigenvalue weighted by Crippen LogP contribution is -2.35. The zero-order chi connectivity index (χ0) is 12.6. The Morgan fingerprint density at radius 3 is 2.71 bits per heavy atom. The Bertz CT molecular complexity index is 464. The van der Waals surface area contributed by atoms with Gasteiger partial charge in [0.2, 0.25) is 0 Å². The standard InChI is InChI=1S/C10H14N2O4S/c1-5-2-3-12(10(16)11-5)9-8(15)7(14)6(4-13)17-9/h2-3,6-9,13-15H,4H2,1H3/t6-,7-,8+,9-/m1/s1. The molecule has 0 spiro atoms. The highest BCUT2D eigenvalue weighted by molar-refractivity contribution is 8.00. The molecule has 0 radical (unpaired) electrons. The van der Waals surface area contributed by atoms with Crippen molar-refractivity contribution in [3.05, 3.63) is 28.4 Å². The van der Waals surface area contributed by atoms with Gasteiger partial charge in [0.05, 0.1) is 18.0 Å². The summed E-state index contributed by atoms with van der Waals surface area (Å²) in [7, 11) is 0. The van der Waals surface area contributed by atoms with E-state index in [-0.39, 0.29) is 6.61 Å². The summed E-state index contributed by atoms with van der Waals surface area (Å²) in [4.78, 5) is 15.4. The lowest BCUT2D eigenvalue weighted by molar-refractivity contribution is 0.0101. The van der Waals surface area contributed by atoms with E-state index >= 15 is 0 Å². The Labute approximate surface area is 102 Å². The predicted molar refractivity (Wildman–Crippen MR) is 62.7 cm³/mol. The van der Waals surface area contributed by atoms with E-state index in [1.165, 1.54) is 22.5 Å². The molecule has 0 aliphatic carbocycles. The van der Waals surface area contributed by atoms with Crippen molar-refractivity contribution in [2.24, 2.45) is 0 Å². The Morgan fingerprint density at radius 2 is 2.18 bits per heavy atom. The van der Waals surface area contributed by atoms with Gasteiger partial charge in [0, 0.05) is 11.9 Å². The molecule has 1 aliphatic rings. The van der Waals surface area contributed by atoms with Gasteiger partial charge in [0.25, 0.3) is 0 Å². The predicted octanol–water partition coefficient (Wildman–Crippen LogP) is -1.12. The van der Waals surface area contributed by atoms with E-state index < -0.39 is 28.5 Å². The van der Waals surface area contributed by atoms with Crippen molar-refractivity contribution >= 4 is 11.8 Å². The number of hydrogen-bond donors (Lipinski definition) is 3. The van der Waals surface area contributed by atoms with Crippen LogP contribution in [0.1, 0.15) is 11.1 Å². The Balaban J connectivity index is 2.32. The van der Waals surface area contributed by atoms with E-state index in [2.05, 4.69) is 4.98 Å². The minimum atomic E-state index is -1.08. The molecule has 0 bridgehead atoms. The maximum absolute atomic E-state index is 11.7. The molecule has 3 N–H and O–H groups in total. The average Bonchev–Trinajstić information content (AvgIpc) is 2.57. The molecule has 1 aromatic heterocycles. The van der Waals surface area contributed by atoms with E-state index in [1.807, 2.05) is 0 Å². The third-order valence-corrected chi connectivity index (χ3v) is 4.32. The molecular formula is C10H14N2O4S. The SMILES string of the molecule is Cc1ccn([C@@H]2S[C@H](CO)[C@@H](O)[C@@H]2O)c(=O)n1. The van der Waals surface area contributed by atoms with Crippen molar-refractivity contribution in [3.63, 3.8) is 0 Å². The van der Waals surface area contributed by atoms with Crippen LogP contribution in [0.2, 0.25) is 0 Å². The molecule has 0 unspecified atom stereocenters. The first-order chi connectivity index (χ1) is 8.04. The Hall–Kier alpha value is -0.890. The summed E-state index contributed by atoms with van der Waals surface area (Å²) in [6.45, 7) is 1.46. The zero-order valence-electron chi connectivity index (χ0n) is 9.22. The molecule has 94 valence electrons. The van der Waals surface area contributed by atoms with Gasteiger partial charge in [0.15, 0.2) is 0 Å². The average molecular weight is 258 g/mol. The molecule has 0 aromatic carbocycles. The second kappa shape index (κ2) is 4.77. The zero-order valence-corrected chi connectivity index (χ0v) is 10.0. The minimum Gasteiger partial charge on any atom is -0.395 e. The number of aliphatic hydroxyl groups excluding tert-OH is 3. The summed E-state index contributed by atoms with van der Waals surface area (Å²) in [5.74, 6) is 0. The van der Waals surface area contributed by atoms with Gasteiger partial charge in [-0.3, -0.25) is 4.57 Å². The molecule has 1 fully saturated rings. The summed E-state index contributed by atoms with van der Waals surface area (Å²) < 4.78 is 1.28. The lowest BCUT2D eigenvalue weighted by Gasteiger charge is -2.17. The molecule has 2 heterocycles. The number of aromatic nitrogens is 2. The van der Waals surface area contributed by atoms with Crippen molar-refractivity contribution in [1.29, 1.82) is 0 Å². The summed E-state index contributed by atoms with van der Waals surface area (Å²) >= 11 is 1.17. The van der Waals surface area contributed by atoms with Crippen molar-refractivity contribution in [2.45, 2.75) is 29.8 Å². The van der Waals surface area contributed by atoms with Gasteiger partial charge in [-0.25, -0.2) is 4.79 Å². The van der Waals surface area contributed by atoms with E-state index in [9.17, 15) is 15.0 Å². The van der Waals surface area contributed by atoms with Crippen LogP contribution < -0.4 is 5.69 Å². The third kappa shape index (κ3) is 2.23. The monoisotopic (exact) mass is 258 g/mol. The van der Waals surface area contributed by atoms with Crippen LogP contribution in [0.4, 0.5) is 0 Å². The molecule has 2 rings (SSSR count). The molecular weight excluding hydrogens is 244 g/mol. The van der Waals surface area contributed by atoms with Crippen LogP contribution in [0, 0.1) is 6.92 Å². The molecule has 1 aliphatic heterocycles. The smallest absolute Gasteiger partial charge is 0.348 e. The van der Waals surface area contributed by atoms with Crippen LogP contribution in [-0.4, -0.2) is 48.9 Å². The van der Waals surface area contributed by atoms with Crippen molar-refractivity contribution in [1.82, 2.24) is 9.55 Å². The summed E-state index contributed by atoms with van der Waals surface area (Å²) in [5.41, 5.74) is 0.135.